The molecule has 0 bridgehead atoms. The van der Waals surface area contributed by atoms with Gasteiger partial charge in [0, 0.05) is 6.07 Å². The Bertz CT molecular complexity index is 713. The summed E-state index contributed by atoms with van der Waals surface area (Å²) in [5.41, 5.74) is 7.76. The molecule has 6 nitrogen and oxygen atoms in total. The molecular formula is C21H31N3O3S. The van der Waals surface area contributed by atoms with Crippen LogP contribution in [0.1, 0.15) is 38.2 Å². The number of hydrogen-bond donors (Lipinski definition) is 2. The number of esters is 1. The number of ether oxygens (including phenoxy) is 2. The van der Waals surface area contributed by atoms with Gasteiger partial charge in [-0.25, -0.2) is 9.78 Å². The first-order valence-corrected chi connectivity index (χ1v) is 9.40. The maximum atomic E-state index is 12.1. The van der Waals surface area contributed by atoms with Crippen molar-refractivity contribution in [3.8, 4) is 5.75 Å². The number of methoxy groups -OCH3 is 1. The van der Waals surface area contributed by atoms with Crippen LogP contribution in [0.5, 0.6) is 5.75 Å². The van der Waals surface area contributed by atoms with Gasteiger partial charge in [0.1, 0.15) is 11.9 Å². The highest BCUT2D eigenvalue weighted by molar-refractivity contribution is 7.59. The Morgan fingerprint density at radius 1 is 1.25 bits per heavy atom. The maximum Gasteiger partial charge on any atom is 0.328 e. The zero-order chi connectivity index (χ0) is 19.5. The van der Waals surface area contributed by atoms with E-state index in [0.717, 1.165) is 25.7 Å². The summed E-state index contributed by atoms with van der Waals surface area (Å²) in [6.45, 7) is 2.63. The highest BCUT2D eigenvalue weighted by Crippen LogP contribution is 2.27. The van der Waals surface area contributed by atoms with Crippen LogP contribution in [0.3, 0.4) is 0 Å². The van der Waals surface area contributed by atoms with Crippen molar-refractivity contribution in [2.24, 2.45) is 0 Å². The predicted octanol–water partition coefficient (Wildman–Crippen LogP) is 3.93. The molecule has 3 N–H and O–H groups in total. The Balaban J connectivity index is 0.00000392. The lowest BCUT2D eigenvalue weighted by atomic mass is 10.1. The van der Waals surface area contributed by atoms with Gasteiger partial charge in [-0.2, -0.15) is 13.5 Å². The second kappa shape index (κ2) is 12.9. The molecule has 2 rings (SSSR count). The summed E-state index contributed by atoms with van der Waals surface area (Å²) in [7, 11) is 1.39. The standard InChI is InChI=1S/C21H29N3O3.H2S/c1-3-4-12-17(21(25)26-2)24-18-14-20(22)23-15-19(18)27-13-8-11-16-9-6-5-7-10-16;/h5-7,9-10,14-15,17H,3-4,8,11-13H2,1-2H3,(H3,22,23,24);1H2/t17-;/m1./s1. The third kappa shape index (κ3) is 7.68. The molecule has 1 atom stereocenters. The molecule has 0 aliphatic heterocycles. The van der Waals surface area contributed by atoms with Crippen molar-refractivity contribution in [1.29, 1.82) is 0 Å². The van der Waals surface area contributed by atoms with Gasteiger partial charge in [-0.05, 0) is 24.8 Å². The number of carbonyl (C=O) groups excluding carboxylic acids is 1. The van der Waals surface area contributed by atoms with Gasteiger partial charge in [-0.1, -0.05) is 50.1 Å². The number of unbranched alkanes of at least 4 members (excludes halogenated alkanes) is 1. The number of rotatable bonds is 11. The topological polar surface area (TPSA) is 86.5 Å². The summed E-state index contributed by atoms with van der Waals surface area (Å²) in [5, 5.41) is 3.21. The molecule has 0 aliphatic carbocycles. The number of pyridine rings is 1. The van der Waals surface area contributed by atoms with E-state index in [-0.39, 0.29) is 19.5 Å². The average molecular weight is 406 g/mol. The zero-order valence-electron chi connectivity index (χ0n) is 16.6. The molecule has 0 radical (unpaired) electrons. The maximum absolute atomic E-state index is 12.1. The summed E-state index contributed by atoms with van der Waals surface area (Å²) in [5.74, 6) is 0.657. The fourth-order valence-corrected chi connectivity index (χ4v) is 2.78. The molecule has 7 heteroatoms. The Morgan fingerprint density at radius 3 is 2.68 bits per heavy atom. The number of aryl methyl sites for hydroxylation is 1. The first-order chi connectivity index (χ1) is 13.1. The minimum Gasteiger partial charge on any atom is -0.490 e. The van der Waals surface area contributed by atoms with Gasteiger partial charge < -0.3 is 20.5 Å². The molecule has 0 fully saturated rings. The first kappa shape index (κ1) is 23.6. The molecule has 1 aromatic heterocycles. The quantitative estimate of drug-likeness (QED) is 0.435. The number of carbonyl (C=O) groups is 1. The fourth-order valence-electron chi connectivity index (χ4n) is 2.78. The number of anilines is 2. The first-order valence-electron chi connectivity index (χ1n) is 9.40. The summed E-state index contributed by atoms with van der Waals surface area (Å²) in [6.07, 6.45) is 6.00. The van der Waals surface area contributed by atoms with Crippen LogP contribution >= 0.6 is 13.5 Å². The molecule has 0 spiro atoms. The van der Waals surface area contributed by atoms with Crippen LogP contribution in [0.4, 0.5) is 11.5 Å². The molecular weight excluding hydrogens is 374 g/mol. The van der Waals surface area contributed by atoms with Gasteiger partial charge in [0.15, 0.2) is 5.75 Å². The van der Waals surface area contributed by atoms with E-state index in [1.54, 1.807) is 12.3 Å². The van der Waals surface area contributed by atoms with Crippen molar-refractivity contribution < 1.29 is 14.3 Å². The van der Waals surface area contributed by atoms with Crippen LogP contribution in [-0.4, -0.2) is 30.7 Å². The van der Waals surface area contributed by atoms with Crippen molar-refractivity contribution >= 4 is 31.0 Å². The van der Waals surface area contributed by atoms with E-state index < -0.39 is 6.04 Å². The number of nitrogens with zero attached hydrogens (tertiary/aromatic N) is 1. The van der Waals surface area contributed by atoms with Crippen LogP contribution in [0, 0.1) is 0 Å². The van der Waals surface area contributed by atoms with E-state index in [4.69, 9.17) is 15.2 Å². The number of nitrogens with one attached hydrogen (secondary N) is 1. The monoisotopic (exact) mass is 405 g/mol. The Morgan fingerprint density at radius 2 is 2.00 bits per heavy atom. The highest BCUT2D eigenvalue weighted by atomic mass is 32.1. The van der Waals surface area contributed by atoms with Crippen molar-refractivity contribution in [1.82, 2.24) is 4.98 Å². The van der Waals surface area contributed by atoms with Gasteiger partial charge in [-0.15, -0.1) is 0 Å². The van der Waals surface area contributed by atoms with Crippen molar-refractivity contribution in [2.45, 2.75) is 45.1 Å². The number of nitrogen functional groups attached to an aromatic ring is 1. The van der Waals surface area contributed by atoms with E-state index in [1.807, 2.05) is 18.2 Å². The van der Waals surface area contributed by atoms with Crippen LogP contribution in [0.15, 0.2) is 42.6 Å². The van der Waals surface area contributed by atoms with Crippen LogP contribution in [0.2, 0.25) is 0 Å². The molecule has 0 amide bonds. The van der Waals surface area contributed by atoms with Gasteiger partial charge in [0.2, 0.25) is 0 Å². The second-order valence-corrected chi connectivity index (χ2v) is 6.41. The fraction of sp³-hybridized carbons (Fsp3) is 0.429. The number of aromatic nitrogens is 1. The number of benzene rings is 1. The van der Waals surface area contributed by atoms with Gasteiger partial charge in [0.05, 0.1) is 25.6 Å². The summed E-state index contributed by atoms with van der Waals surface area (Å²) < 4.78 is 10.8. The van der Waals surface area contributed by atoms with Gasteiger partial charge >= 0.3 is 5.97 Å². The van der Waals surface area contributed by atoms with Gasteiger partial charge in [0.25, 0.3) is 0 Å². The molecule has 1 aromatic carbocycles. The average Bonchev–Trinajstić information content (AvgIpc) is 2.69. The number of hydrogen-bond acceptors (Lipinski definition) is 6. The molecule has 154 valence electrons. The van der Waals surface area contributed by atoms with E-state index >= 15 is 0 Å². The summed E-state index contributed by atoms with van der Waals surface area (Å²) in [4.78, 5) is 16.2. The van der Waals surface area contributed by atoms with Crippen LogP contribution in [0.25, 0.3) is 0 Å². The Kier molecular flexibility index (Phi) is 10.9. The molecule has 0 saturated heterocycles. The minimum atomic E-state index is -0.441. The molecule has 2 aromatic rings. The smallest absolute Gasteiger partial charge is 0.328 e. The zero-order valence-corrected chi connectivity index (χ0v) is 17.6. The third-order valence-electron chi connectivity index (χ3n) is 4.26. The van der Waals surface area contributed by atoms with E-state index in [0.29, 0.717) is 30.3 Å². The molecule has 0 aliphatic rings. The lowest BCUT2D eigenvalue weighted by molar-refractivity contribution is -0.141. The van der Waals surface area contributed by atoms with Gasteiger partial charge in [-0.3, -0.25) is 0 Å². The van der Waals surface area contributed by atoms with Crippen molar-refractivity contribution in [2.75, 3.05) is 24.8 Å². The number of nitrogens with two attached hydrogens (primary N) is 1. The van der Waals surface area contributed by atoms with Crippen LogP contribution in [-0.2, 0) is 16.0 Å². The molecule has 28 heavy (non-hydrogen) atoms. The third-order valence-corrected chi connectivity index (χ3v) is 4.26. The predicted molar refractivity (Wildman–Crippen MR) is 118 cm³/mol. The van der Waals surface area contributed by atoms with Crippen molar-refractivity contribution in [3.05, 3.63) is 48.2 Å². The lowest BCUT2D eigenvalue weighted by Crippen LogP contribution is -2.31. The minimum absolute atomic E-state index is 0. The van der Waals surface area contributed by atoms with Crippen LogP contribution < -0.4 is 15.8 Å². The molecule has 0 saturated carbocycles. The lowest BCUT2D eigenvalue weighted by Gasteiger charge is -2.20. The Hall–Kier alpha value is -2.41. The van der Waals surface area contributed by atoms with E-state index in [1.165, 1.54) is 12.7 Å². The highest BCUT2D eigenvalue weighted by Gasteiger charge is 2.20. The van der Waals surface area contributed by atoms with Crippen molar-refractivity contribution in [3.63, 3.8) is 0 Å². The SMILES string of the molecule is CCCC[C@@H](Nc1cc(N)ncc1OCCCc1ccccc1)C(=O)OC.S. The normalized spacial score (nSPS) is 11.2. The Labute approximate surface area is 174 Å². The van der Waals surface area contributed by atoms with E-state index in [9.17, 15) is 4.79 Å². The molecule has 1 heterocycles. The summed E-state index contributed by atoms with van der Waals surface area (Å²) in [6, 6.07) is 11.5. The largest absolute Gasteiger partial charge is 0.490 e. The molecule has 0 unspecified atom stereocenters. The van der Waals surface area contributed by atoms with E-state index in [2.05, 4.69) is 29.4 Å². The summed E-state index contributed by atoms with van der Waals surface area (Å²) >= 11 is 0. The second-order valence-electron chi connectivity index (χ2n) is 6.41.